The number of piperidine rings is 1. The maximum absolute atomic E-state index is 13.1. The first-order chi connectivity index (χ1) is 18.2. The second-order valence-corrected chi connectivity index (χ2v) is 9.52. The summed E-state index contributed by atoms with van der Waals surface area (Å²) in [5, 5.41) is 25.6. The van der Waals surface area contributed by atoms with E-state index in [0.717, 1.165) is 22.8 Å². The van der Waals surface area contributed by atoms with Gasteiger partial charge in [0.1, 0.15) is 10.6 Å². The molecule has 2 N–H and O–H groups in total. The van der Waals surface area contributed by atoms with Crippen LogP contribution >= 0.6 is 11.3 Å². The molecular weight excluding hydrogens is 518 g/mol. The average Bonchev–Trinajstić information content (AvgIpc) is 3.67. The van der Waals surface area contributed by atoms with E-state index in [0.29, 0.717) is 37.3 Å². The van der Waals surface area contributed by atoms with Gasteiger partial charge >= 0.3 is 11.8 Å². The molecule has 0 spiro atoms. The number of thiazole rings is 1. The fourth-order valence-corrected chi connectivity index (χ4v) is 5.09. The van der Waals surface area contributed by atoms with E-state index in [2.05, 4.69) is 31.1 Å². The molecule has 0 saturated carbocycles. The molecule has 1 fully saturated rings. The molecule has 15 nitrogen and oxygen atoms in total. The highest BCUT2D eigenvalue weighted by molar-refractivity contribution is 7.09. The van der Waals surface area contributed by atoms with Crippen LogP contribution in [0.5, 0.6) is 0 Å². The summed E-state index contributed by atoms with van der Waals surface area (Å²) in [6, 6.07) is 3.96. The summed E-state index contributed by atoms with van der Waals surface area (Å²) in [4.78, 5) is 53.6. The first-order valence-corrected chi connectivity index (χ1v) is 12.4. The van der Waals surface area contributed by atoms with Crippen molar-refractivity contribution in [1.82, 2.24) is 40.5 Å². The number of nitrogens with one attached hydrogen (secondary N) is 2. The smallest absolute Gasteiger partial charge is 0.395 e. The number of furan rings is 1. The molecule has 3 amide bonds. The van der Waals surface area contributed by atoms with Crippen LogP contribution in [0.4, 0.5) is 5.88 Å². The quantitative estimate of drug-likeness (QED) is 0.279. The number of hydrogen-bond donors (Lipinski definition) is 2. The number of hydrazine groups is 1. The number of fused-ring (bicyclic) bond motifs is 1. The molecule has 0 radical (unpaired) electrons. The predicted molar refractivity (Wildman–Crippen MR) is 131 cm³/mol. The Morgan fingerprint density at radius 2 is 1.87 bits per heavy atom. The number of aryl methyl sites for hydroxylation is 2. The monoisotopic (exact) mass is 539 g/mol. The Hall–Kier alpha value is -4.73. The van der Waals surface area contributed by atoms with Crippen LogP contribution in [0.15, 0.2) is 28.0 Å². The van der Waals surface area contributed by atoms with Gasteiger partial charge in [-0.05, 0) is 32.8 Å². The Morgan fingerprint density at radius 3 is 2.58 bits per heavy atom. The van der Waals surface area contributed by atoms with Crippen LogP contribution in [0.3, 0.4) is 0 Å². The molecule has 196 valence electrons. The highest BCUT2D eigenvalue weighted by Crippen LogP contribution is 2.31. The van der Waals surface area contributed by atoms with Gasteiger partial charge in [0.2, 0.25) is 5.76 Å². The summed E-state index contributed by atoms with van der Waals surface area (Å²) in [5.41, 5.74) is 6.73. The Balaban J connectivity index is 1.16. The fourth-order valence-electron chi connectivity index (χ4n) is 4.12. The second-order valence-electron chi connectivity index (χ2n) is 8.63. The zero-order valence-corrected chi connectivity index (χ0v) is 21.0. The summed E-state index contributed by atoms with van der Waals surface area (Å²) in [6.45, 7) is 4.62. The summed E-state index contributed by atoms with van der Waals surface area (Å²) in [7, 11) is 0. The fraction of sp³-hybridized carbons (Fsp3) is 0.318. The van der Waals surface area contributed by atoms with Crippen molar-refractivity contribution in [1.29, 1.82) is 0 Å². The summed E-state index contributed by atoms with van der Waals surface area (Å²) in [6.07, 6.45) is 1.31. The zero-order valence-electron chi connectivity index (χ0n) is 20.2. The molecule has 1 aliphatic heterocycles. The molecular formula is C22H21N9O6S. The molecule has 0 aromatic carbocycles. The molecule has 0 aliphatic carbocycles. The van der Waals surface area contributed by atoms with Crippen LogP contribution in [0, 0.1) is 24.0 Å². The van der Waals surface area contributed by atoms with E-state index in [1.807, 2.05) is 6.92 Å². The Morgan fingerprint density at radius 1 is 1.13 bits per heavy atom. The average molecular weight is 540 g/mol. The van der Waals surface area contributed by atoms with Gasteiger partial charge in [0.05, 0.1) is 22.5 Å². The minimum atomic E-state index is -0.847. The molecule has 4 aromatic heterocycles. The van der Waals surface area contributed by atoms with Crippen molar-refractivity contribution in [3.8, 4) is 0 Å². The zero-order chi connectivity index (χ0) is 27.0. The molecule has 38 heavy (non-hydrogen) atoms. The Labute approximate surface area is 218 Å². The van der Waals surface area contributed by atoms with E-state index in [1.54, 1.807) is 27.8 Å². The van der Waals surface area contributed by atoms with Crippen molar-refractivity contribution < 1.29 is 23.7 Å². The summed E-state index contributed by atoms with van der Waals surface area (Å²) >= 11 is 1.32. The highest BCUT2D eigenvalue weighted by Gasteiger charge is 2.29. The van der Waals surface area contributed by atoms with E-state index in [-0.39, 0.29) is 29.0 Å². The van der Waals surface area contributed by atoms with Gasteiger partial charge in [0.25, 0.3) is 11.8 Å². The van der Waals surface area contributed by atoms with Crippen LogP contribution in [-0.2, 0) is 0 Å². The molecule has 5 heterocycles. The van der Waals surface area contributed by atoms with Crippen LogP contribution < -0.4 is 10.9 Å². The SMILES string of the molecule is Cc1cc2nnc(C(=O)N3CCC(c4nc(C(=O)NNC(=O)c5ccc([N+](=O)[O-])o5)cs4)CC3)c(C)n2n1. The normalized spacial score (nSPS) is 14.0. The van der Waals surface area contributed by atoms with E-state index in [4.69, 9.17) is 4.42 Å². The van der Waals surface area contributed by atoms with Crippen molar-refractivity contribution in [2.75, 3.05) is 13.1 Å². The van der Waals surface area contributed by atoms with E-state index in [1.165, 1.54) is 11.3 Å². The third kappa shape index (κ3) is 4.80. The first kappa shape index (κ1) is 24.9. The van der Waals surface area contributed by atoms with Crippen molar-refractivity contribution in [3.63, 3.8) is 0 Å². The predicted octanol–water partition coefficient (Wildman–Crippen LogP) is 1.79. The van der Waals surface area contributed by atoms with Crippen LogP contribution in [0.1, 0.15) is 66.7 Å². The number of rotatable bonds is 5. The van der Waals surface area contributed by atoms with Crippen LogP contribution in [0.2, 0.25) is 0 Å². The highest BCUT2D eigenvalue weighted by atomic mass is 32.1. The lowest BCUT2D eigenvalue weighted by Crippen LogP contribution is -2.41. The van der Waals surface area contributed by atoms with Crippen molar-refractivity contribution >= 4 is 40.6 Å². The first-order valence-electron chi connectivity index (χ1n) is 11.5. The number of nitro groups is 1. The summed E-state index contributed by atoms with van der Waals surface area (Å²) < 4.78 is 6.41. The molecule has 16 heteroatoms. The number of amides is 3. The Kier molecular flexibility index (Phi) is 6.54. The van der Waals surface area contributed by atoms with Gasteiger partial charge in [0.15, 0.2) is 11.3 Å². The second kappa shape index (κ2) is 9.97. The lowest BCUT2D eigenvalue weighted by atomic mass is 9.97. The minimum absolute atomic E-state index is 0.0623. The third-order valence-corrected chi connectivity index (χ3v) is 7.11. The van der Waals surface area contributed by atoms with Crippen LogP contribution in [-0.4, -0.2) is 65.4 Å². The van der Waals surface area contributed by atoms with Gasteiger partial charge in [-0.3, -0.25) is 35.3 Å². The number of aromatic nitrogens is 5. The molecule has 1 aliphatic rings. The van der Waals surface area contributed by atoms with Crippen molar-refractivity contribution in [2.24, 2.45) is 0 Å². The Bertz CT molecular complexity index is 1570. The minimum Gasteiger partial charge on any atom is -0.395 e. The van der Waals surface area contributed by atoms with Gasteiger partial charge in [-0.2, -0.15) is 5.10 Å². The van der Waals surface area contributed by atoms with Gasteiger partial charge < -0.3 is 9.32 Å². The number of carbonyl (C=O) groups is 3. The lowest BCUT2D eigenvalue weighted by Gasteiger charge is -2.31. The lowest BCUT2D eigenvalue weighted by molar-refractivity contribution is -0.402. The summed E-state index contributed by atoms with van der Waals surface area (Å²) in [5.74, 6) is -2.55. The molecule has 0 atom stereocenters. The van der Waals surface area contributed by atoms with E-state index >= 15 is 0 Å². The largest absolute Gasteiger partial charge is 0.433 e. The van der Waals surface area contributed by atoms with E-state index in [9.17, 15) is 24.5 Å². The molecule has 4 aromatic rings. The van der Waals surface area contributed by atoms with E-state index < -0.39 is 22.6 Å². The number of carbonyl (C=O) groups excluding carboxylic acids is 3. The van der Waals surface area contributed by atoms with Gasteiger partial charge in [0, 0.05) is 30.5 Å². The van der Waals surface area contributed by atoms with Crippen molar-refractivity contribution in [3.05, 3.63) is 67.2 Å². The molecule has 1 saturated heterocycles. The maximum Gasteiger partial charge on any atom is 0.433 e. The molecule has 0 unspecified atom stereocenters. The van der Waals surface area contributed by atoms with Gasteiger partial charge in [-0.15, -0.1) is 21.5 Å². The number of hydrogen-bond acceptors (Lipinski definition) is 11. The van der Waals surface area contributed by atoms with Crippen molar-refractivity contribution in [2.45, 2.75) is 32.6 Å². The topological polar surface area (TPSA) is 191 Å². The third-order valence-electron chi connectivity index (χ3n) is 6.10. The van der Waals surface area contributed by atoms with Gasteiger partial charge in [-0.1, -0.05) is 0 Å². The van der Waals surface area contributed by atoms with Crippen LogP contribution in [0.25, 0.3) is 5.65 Å². The molecule has 0 bridgehead atoms. The molecule has 5 rings (SSSR count). The standard InChI is InChI=1S/C22H21N9O6S/c1-11-9-16-24-25-18(12(2)30(16)28-11)22(34)29-7-5-13(6-8-29)21-23-14(10-38-21)19(32)26-27-20(33)15-3-4-17(37-15)31(35)36/h3-4,9-10,13H,5-8H2,1-2H3,(H,26,32)(H,27,33). The number of nitrogens with zero attached hydrogens (tertiary/aromatic N) is 7. The maximum atomic E-state index is 13.1. The van der Waals surface area contributed by atoms with Gasteiger partial charge in [-0.25, -0.2) is 9.50 Å². The number of likely N-dealkylation sites (tertiary alicyclic amines) is 1.